The van der Waals surface area contributed by atoms with Gasteiger partial charge < -0.3 is 10.7 Å². The van der Waals surface area contributed by atoms with Crippen LogP contribution in [-0.2, 0) is 11.2 Å². The Morgan fingerprint density at radius 3 is 2.68 bits per heavy atom. The first-order chi connectivity index (χ1) is 12.2. The molecule has 0 saturated carbocycles. The second-order valence-electron chi connectivity index (χ2n) is 6.14. The fourth-order valence-electron chi connectivity index (χ4n) is 3.09. The van der Waals surface area contributed by atoms with Crippen LogP contribution in [0.5, 0.6) is 0 Å². The van der Waals surface area contributed by atoms with Crippen molar-refractivity contribution in [1.29, 1.82) is 0 Å². The van der Waals surface area contributed by atoms with E-state index in [9.17, 15) is 4.79 Å². The van der Waals surface area contributed by atoms with Gasteiger partial charge in [0.15, 0.2) is 0 Å². The van der Waals surface area contributed by atoms with Crippen molar-refractivity contribution in [2.24, 2.45) is 0 Å². The summed E-state index contributed by atoms with van der Waals surface area (Å²) in [5.74, 6) is 0.00518. The largest absolute Gasteiger partial charge is 0.356 e. The molecule has 1 unspecified atom stereocenters. The molecule has 5 nitrogen and oxygen atoms in total. The van der Waals surface area contributed by atoms with Gasteiger partial charge in [0, 0.05) is 37.4 Å². The molecular formula is C20H24N4O. The number of nitrogens with zero attached hydrogens (tertiary/aromatic N) is 2. The zero-order valence-electron chi connectivity index (χ0n) is 14.7. The van der Waals surface area contributed by atoms with Crippen molar-refractivity contribution < 1.29 is 4.79 Å². The fourth-order valence-corrected chi connectivity index (χ4v) is 3.09. The fraction of sp³-hybridized carbons (Fsp3) is 0.300. The number of rotatable bonds is 7. The maximum Gasteiger partial charge on any atom is 0.216 e. The van der Waals surface area contributed by atoms with Crippen molar-refractivity contribution in [3.8, 4) is 0 Å². The van der Waals surface area contributed by atoms with Gasteiger partial charge in [-0.05, 0) is 42.2 Å². The average Bonchev–Trinajstić information content (AvgIpc) is 2.98. The van der Waals surface area contributed by atoms with Crippen LogP contribution in [0, 0.1) is 0 Å². The predicted octanol–water partition coefficient (Wildman–Crippen LogP) is 3.41. The first-order valence-electron chi connectivity index (χ1n) is 8.69. The van der Waals surface area contributed by atoms with Gasteiger partial charge in [-0.1, -0.05) is 25.1 Å². The van der Waals surface area contributed by atoms with Crippen LogP contribution in [-0.4, -0.2) is 22.1 Å². The maximum absolute atomic E-state index is 11.1. The van der Waals surface area contributed by atoms with Gasteiger partial charge >= 0.3 is 0 Å². The molecule has 0 aliphatic rings. The number of fused-ring (bicyclic) bond motifs is 1. The summed E-state index contributed by atoms with van der Waals surface area (Å²) in [6, 6.07) is 12.6. The number of carbonyl (C=O) groups excluding carboxylic acids is 1. The average molecular weight is 336 g/mol. The summed E-state index contributed by atoms with van der Waals surface area (Å²) in [5.41, 5.74) is 7.20. The molecule has 2 aromatic heterocycles. The summed E-state index contributed by atoms with van der Waals surface area (Å²) < 4.78 is 2.10. The Morgan fingerprint density at radius 2 is 1.96 bits per heavy atom. The number of benzene rings is 1. The van der Waals surface area contributed by atoms with Gasteiger partial charge in [0.1, 0.15) is 0 Å². The number of carbonyl (C=O) groups is 1. The second kappa shape index (κ2) is 7.83. The third kappa shape index (κ3) is 3.99. The van der Waals surface area contributed by atoms with Gasteiger partial charge in [0.25, 0.3) is 0 Å². The summed E-state index contributed by atoms with van der Waals surface area (Å²) in [5, 5.41) is 4.08. The molecule has 1 aromatic carbocycles. The lowest BCUT2D eigenvalue weighted by Crippen LogP contribution is -2.22. The molecule has 0 radical (unpaired) electrons. The lowest BCUT2D eigenvalue weighted by Gasteiger charge is -2.20. The van der Waals surface area contributed by atoms with E-state index in [1.807, 2.05) is 30.6 Å². The smallest absolute Gasteiger partial charge is 0.216 e. The van der Waals surface area contributed by atoms with E-state index < -0.39 is 0 Å². The van der Waals surface area contributed by atoms with Crippen LogP contribution in [0.3, 0.4) is 0 Å². The quantitative estimate of drug-likeness (QED) is 0.695. The Kier molecular flexibility index (Phi) is 5.33. The Balaban J connectivity index is 1.87. The molecule has 2 heterocycles. The van der Waals surface area contributed by atoms with Crippen LogP contribution >= 0.6 is 0 Å². The number of hydrogen-bond donors (Lipinski definition) is 2. The van der Waals surface area contributed by atoms with Crippen molar-refractivity contribution in [3.63, 3.8) is 0 Å². The third-order valence-corrected chi connectivity index (χ3v) is 4.37. The minimum atomic E-state index is 0.00518. The minimum absolute atomic E-state index is 0.00518. The van der Waals surface area contributed by atoms with Gasteiger partial charge in [0.2, 0.25) is 5.91 Å². The van der Waals surface area contributed by atoms with Crippen molar-refractivity contribution in [3.05, 3.63) is 66.1 Å². The SMILES string of the molecule is CCC(Nn1cc(CCNC(C)=O)c2ccccc21)c1ccncc1. The maximum atomic E-state index is 11.1. The molecule has 0 aliphatic heterocycles. The molecule has 130 valence electrons. The number of nitrogens with one attached hydrogen (secondary N) is 2. The van der Waals surface area contributed by atoms with Crippen molar-refractivity contribution in [2.45, 2.75) is 32.7 Å². The molecule has 1 amide bonds. The van der Waals surface area contributed by atoms with Crippen LogP contribution in [0.4, 0.5) is 0 Å². The zero-order valence-corrected chi connectivity index (χ0v) is 14.7. The van der Waals surface area contributed by atoms with Gasteiger partial charge in [-0.15, -0.1) is 0 Å². The number of para-hydroxylation sites is 1. The Hall–Kier alpha value is -2.82. The first-order valence-corrected chi connectivity index (χ1v) is 8.69. The van der Waals surface area contributed by atoms with Gasteiger partial charge in [0.05, 0.1) is 11.6 Å². The third-order valence-electron chi connectivity index (χ3n) is 4.37. The zero-order chi connectivity index (χ0) is 17.6. The van der Waals surface area contributed by atoms with Crippen molar-refractivity contribution in [2.75, 3.05) is 12.0 Å². The number of pyridine rings is 1. The van der Waals surface area contributed by atoms with Crippen molar-refractivity contribution in [1.82, 2.24) is 15.0 Å². The van der Waals surface area contributed by atoms with Crippen LogP contribution in [0.25, 0.3) is 10.9 Å². The van der Waals surface area contributed by atoms with Crippen LogP contribution in [0.15, 0.2) is 55.0 Å². The molecule has 0 bridgehead atoms. The van der Waals surface area contributed by atoms with Gasteiger partial charge in [-0.25, -0.2) is 0 Å². The normalized spacial score (nSPS) is 12.1. The Labute approximate surface area is 148 Å². The topological polar surface area (TPSA) is 59.0 Å². The molecule has 0 fully saturated rings. The Morgan fingerprint density at radius 1 is 1.20 bits per heavy atom. The van der Waals surface area contributed by atoms with E-state index in [1.165, 1.54) is 16.5 Å². The Bertz CT molecular complexity index is 841. The first kappa shape index (κ1) is 17.0. The molecule has 1 atom stereocenters. The molecule has 0 saturated heterocycles. The highest BCUT2D eigenvalue weighted by atomic mass is 16.1. The summed E-state index contributed by atoms with van der Waals surface area (Å²) in [4.78, 5) is 15.2. The van der Waals surface area contributed by atoms with Crippen LogP contribution in [0.1, 0.15) is 37.4 Å². The standard InChI is InChI=1S/C20H24N4O/c1-3-19(16-8-11-21-12-9-16)23-24-14-17(10-13-22-15(2)25)18-6-4-5-7-20(18)24/h4-9,11-12,14,19,23H,3,10,13H2,1-2H3,(H,22,25). The van der Waals surface area contributed by atoms with E-state index in [4.69, 9.17) is 0 Å². The summed E-state index contributed by atoms with van der Waals surface area (Å²) in [6.07, 6.45) is 7.56. The highest BCUT2D eigenvalue weighted by molar-refractivity contribution is 5.84. The number of amides is 1. The van der Waals surface area contributed by atoms with E-state index in [0.717, 1.165) is 18.4 Å². The van der Waals surface area contributed by atoms with E-state index in [2.05, 4.69) is 51.7 Å². The van der Waals surface area contributed by atoms with E-state index >= 15 is 0 Å². The minimum Gasteiger partial charge on any atom is -0.356 e. The van der Waals surface area contributed by atoms with E-state index in [0.29, 0.717) is 6.54 Å². The van der Waals surface area contributed by atoms with Gasteiger partial charge in [-0.3, -0.25) is 14.5 Å². The summed E-state index contributed by atoms with van der Waals surface area (Å²) in [6.45, 7) is 4.36. The lowest BCUT2D eigenvalue weighted by molar-refractivity contribution is -0.118. The van der Waals surface area contributed by atoms with E-state index in [-0.39, 0.29) is 11.9 Å². The lowest BCUT2D eigenvalue weighted by atomic mass is 10.1. The molecule has 25 heavy (non-hydrogen) atoms. The molecule has 3 rings (SSSR count). The number of aromatic nitrogens is 2. The predicted molar refractivity (Wildman–Crippen MR) is 101 cm³/mol. The number of hydrogen-bond acceptors (Lipinski definition) is 3. The molecule has 0 aliphatic carbocycles. The second-order valence-corrected chi connectivity index (χ2v) is 6.14. The highest BCUT2D eigenvalue weighted by Crippen LogP contribution is 2.24. The molecular weight excluding hydrogens is 312 g/mol. The molecule has 5 heteroatoms. The van der Waals surface area contributed by atoms with Crippen LogP contribution in [0.2, 0.25) is 0 Å². The highest BCUT2D eigenvalue weighted by Gasteiger charge is 2.13. The summed E-state index contributed by atoms with van der Waals surface area (Å²) in [7, 11) is 0. The molecule has 0 spiro atoms. The van der Waals surface area contributed by atoms with Crippen molar-refractivity contribution >= 4 is 16.8 Å². The van der Waals surface area contributed by atoms with Crippen LogP contribution < -0.4 is 10.7 Å². The summed E-state index contributed by atoms with van der Waals surface area (Å²) >= 11 is 0. The monoisotopic (exact) mass is 336 g/mol. The molecule has 2 N–H and O–H groups in total. The van der Waals surface area contributed by atoms with Gasteiger partial charge in [-0.2, -0.15) is 0 Å². The van der Waals surface area contributed by atoms with E-state index in [1.54, 1.807) is 6.92 Å². The molecule has 3 aromatic rings.